The van der Waals surface area contributed by atoms with Gasteiger partial charge < -0.3 is 10.2 Å². The van der Waals surface area contributed by atoms with Crippen LogP contribution in [0.2, 0.25) is 5.28 Å². The maximum Gasteiger partial charge on any atom is 0.224 e. The van der Waals surface area contributed by atoms with Crippen LogP contribution in [0.15, 0.2) is 41.0 Å². The molecule has 2 aromatic rings. The average molecular weight is 356 g/mol. The highest BCUT2D eigenvalue weighted by atomic mass is 79.9. The molecule has 0 aliphatic heterocycles. The summed E-state index contributed by atoms with van der Waals surface area (Å²) in [6.07, 6.45) is 2.65. The lowest BCUT2D eigenvalue weighted by molar-refractivity contribution is 0.813. The summed E-state index contributed by atoms with van der Waals surface area (Å²) < 4.78 is 0.818. The van der Waals surface area contributed by atoms with E-state index in [1.807, 2.05) is 18.2 Å². The van der Waals surface area contributed by atoms with E-state index in [0.717, 1.165) is 29.8 Å². The van der Waals surface area contributed by atoms with E-state index in [2.05, 4.69) is 55.3 Å². The molecule has 106 valence electrons. The molecule has 1 heterocycles. The molecule has 2 rings (SSSR count). The molecule has 0 radical (unpaired) electrons. The molecule has 6 heteroatoms. The lowest BCUT2D eigenvalue weighted by atomic mass is 10.3. The van der Waals surface area contributed by atoms with Crippen LogP contribution >= 0.6 is 27.5 Å². The third-order valence-electron chi connectivity index (χ3n) is 2.87. The summed E-state index contributed by atoms with van der Waals surface area (Å²) in [7, 11) is 2.09. The van der Waals surface area contributed by atoms with Crippen LogP contribution in [0.5, 0.6) is 0 Å². The van der Waals surface area contributed by atoms with E-state index in [9.17, 15) is 0 Å². The van der Waals surface area contributed by atoms with Gasteiger partial charge in [0, 0.05) is 32.0 Å². The number of nitrogens with zero attached hydrogens (tertiary/aromatic N) is 3. The first-order valence-corrected chi connectivity index (χ1v) is 7.52. The van der Waals surface area contributed by atoms with Crippen molar-refractivity contribution in [3.05, 3.63) is 46.3 Å². The maximum atomic E-state index is 5.77. The van der Waals surface area contributed by atoms with Gasteiger partial charge in [0.25, 0.3) is 0 Å². The lowest BCUT2D eigenvalue weighted by Gasteiger charge is -2.19. The summed E-state index contributed by atoms with van der Waals surface area (Å²) >= 11 is 9.16. The van der Waals surface area contributed by atoms with E-state index in [-0.39, 0.29) is 5.28 Å². The van der Waals surface area contributed by atoms with Crippen molar-refractivity contribution in [1.82, 2.24) is 9.97 Å². The van der Waals surface area contributed by atoms with Crippen molar-refractivity contribution < 1.29 is 0 Å². The highest BCUT2D eigenvalue weighted by Gasteiger charge is 2.03. The van der Waals surface area contributed by atoms with Gasteiger partial charge in [0.2, 0.25) is 5.28 Å². The van der Waals surface area contributed by atoms with Crippen LogP contribution in [0.25, 0.3) is 0 Å². The fourth-order valence-corrected chi connectivity index (χ4v) is 2.27. The number of anilines is 2. The predicted molar refractivity (Wildman–Crippen MR) is 87.6 cm³/mol. The first kappa shape index (κ1) is 15.1. The van der Waals surface area contributed by atoms with Crippen LogP contribution in [0, 0.1) is 0 Å². The molecule has 0 aliphatic carbocycles. The Balaban J connectivity index is 1.78. The summed E-state index contributed by atoms with van der Waals surface area (Å²) in [5.74, 6) is 0.729. The number of nitrogens with one attached hydrogen (secondary N) is 1. The van der Waals surface area contributed by atoms with Gasteiger partial charge in [-0.3, -0.25) is 0 Å². The van der Waals surface area contributed by atoms with Gasteiger partial charge in [-0.2, -0.15) is 4.98 Å². The first-order valence-electron chi connectivity index (χ1n) is 6.35. The number of halogens is 2. The van der Waals surface area contributed by atoms with Crippen LogP contribution in [-0.4, -0.2) is 30.1 Å². The molecule has 1 N–H and O–H groups in total. The topological polar surface area (TPSA) is 41.0 Å². The van der Waals surface area contributed by atoms with Crippen molar-refractivity contribution in [3.63, 3.8) is 0 Å². The minimum absolute atomic E-state index is 0.247. The van der Waals surface area contributed by atoms with Gasteiger partial charge in [-0.15, -0.1) is 0 Å². The lowest BCUT2D eigenvalue weighted by Crippen LogP contribution is -2.20. The van der Waals surface area contributed by atoms with Crippen molar-refractivity contribution in [1.29, 1.82) is 0 Å². The third kappa shape index (κ3) is 4.35. The zero-order chi connectivity index (χ0) is 14.4. The molecule has 0 aliphatic rings. The number of aromatic nitrogens is 2. The van der Waals surface area contributed by atoms with Gasteiger partial charge in [0.1, 0.15) is 5.82 Å². The minimum atomic E-state index is 0.247. The van der Waals surface area contributed by atoms with Gasteiger partial charge in [-0.25, -0.2) is 4.98 Å². The summed E-state index contributed by atoms with van der Waals surface area (Å²) in [6.45, 7) is 1.79. The molecular weight excluding hydrogens is 340 g/mol. The third-order valence-corrected chi connectivity index (χ3v) is 3.64. The van der Waals surface area contributed by atoms with Crippen LogP contribution in [0.3, 0.4) is 0 Å². The normalized spacial score (nSPS) is 10.3. The molecule has 1 aromatic heterocycles. The van der Waals surface area contributed by atoms with E-state index in [4.69, 9.17) is 11.6 Å². The van der Waals surface area contributed by atoms with Gasteiger partial charge in [0.15, 0.2) is 0 Å². The quantitative estimate of drug-likeness (QED) is 0.631. The smallest absolute Gasteiger partial charge is 0.224 e. The zero-order valence-electron chi connectivity index (χ0n) is 11.2. The Hall–Kier alpha value is -1.33. The summed E-state index contributed by atoms with van der Waals surface area (Å²) in [6, 6.07) is 10.3. The second kappa shape index (κ2) is 7.45. The Morgan fingerprint density at radius 2 is 2.05 bits per heavy atom. The van der Waals surface area contributed by atoms with E-state index < -0.39 is 0 Å². The molecule has 0 saturated carbocycles. The molecule has 20 heavy (non-hydrogen) atoms. The highest BCUT2D eigenvalue weighted by molar-refractivity contribution is 9.10. The highest BCUT2D eigenvalue weighted by Crippen LogP contribution is 2.20. The molecule has 0 unspecified atom stereocenters. The van der Waals surface area contributed by atoms with E-state index >= 15 is 0 Å². The van der Waals surface area contributed by atoms with Crippen molar-refractivity contribution in [2.45, 2.75) is 6.42 Å². The van der Waals surface area contributed by atoms with Gasteiger partial charge in [-0.1, -0.05) is 18.2 Å². The number of hydrogen-bond donors (Lipinski definition) is 1. The van der Waals surface area contributed by atoms with Crippen molar-refractivity contribution in [2.75, 3.05) is 30.4 Å². The number of hydrogen-bond acceptors (Lipinski definition) is 4. The van der Waals surface area contributed by atoms with Crippen molar-refractivity contribution >= 4 is 39.0 Å². The van der Waals surface area contributed by atoms with E-state index in [1.54, 1.807) is 6.20 Å². The first-order chi connectivity index (χ1) is 9.66. The van der Waals surface area contributed by atoms with Gasteiger partial charge >= 0.3 is 0 Å². The summed E-state index contributed by atoms with van der Waals surface area (Å²) in [5.41, 5.74) is 1.22. The zero-order valence-corrected chi connectivity index (χ0v) is 13.5. The van der Waals surface area contributed by atoms with Gasteiger partial charge in [-0.05, 0) is 46.1 Å². The molecular formula is C14H16BrClN4. The Morgan fingerprint density at radius 3 is 2.80 bits per heavy atom. The van der Waals surface area contributed by atoms with Crippen molar-refractivity contribution in [3.8, 4) is 0 Å². The fourth-order valence-electron chi connectivity index (χ4n) is 1.80. The average Bonchev–Trinajstić information content (AvgIpc) is 2.47. The van der Waals surface area contributed by atoms with E-state index in [1.165, 1.54) is 5.69 Å². The number of para-hydroxylation sites is 1. The van der Waals surface area contributed by atoms with Crippen LogP contribution in [0.1, 0.15) is 6.42 Å². The summed E-state index contributed by atoms with van der Waals surface area (Å²) in [5, 5.41) is 3.50. The molecule has 1 aromatic carbocycles. The predicted octanol–water partition coefficient (Wildman–Crippen LogP) is 3.83. The largest absolute Gasteiger partial charge is 0.375 e. The Morgan fingerprint density at radius 1 is 1.30 bits per heavy atom. The van der Waals surface area contributed by atoms with E-state index in [0.29, 0.717) is 0 Å². The Bertz CT molecular complexity index is 550. The number of rotatable bonds is 6. The molecule has 4 nitrogen and oxygen atoms in total. The fraction of sp³-hybridized carbons (Fsp3) is 0.286. The Kier molecular flexibility index (Phi) is 5.61. The second-order valence-electron chi connectivity index (χ2n) is 4.37. The monoisotopic (exact) mass is 354 g/mol. The molecule has 0 spiro atoms. The van der Waals surface area contributed by atoms with Crippen LogP contribution in [0.4, 0.5) is 11.5 Å². The van der Waals surface area contributed by atoms with Crippen LogP contribution < -0.4 is 10.2 Å². The second-order valence-corrected chi connectivity index (χ2v) is 5.57. The maximum absolute atomic E-state index is 5.77. The SMILES string of the molecule is CN(CCCNc1nc(Cl)ncc1Br)c1ccccc1. The Labute approximate surface area is 132 Å². The molecule has 0 amide bonds. The number of benzene rings is 1. The molecule has 0 saturated heterocycles. The molecule has 0 atom stereocenters. The van der Waals surface area contributed by atoms with Crippen molar-refractivity contribution in [2.24, 2.45) is 0 Å². The molecule has 0 fully saturated rings. The molecule has 0 bridgehead atoms. The standard InChI is InChI=1S/C14H16BrClN4/c1-20(11-6-3-2-4-7-11)9-5-8-17-13-12(15)10-18-14(16)19-13/h2-4,6-7,10H,5,8-9H2,1H3,(H,17,18,19). The minimum Gasteiger partial charge on any atom is -0.375 e. The summed E-state index contributed by atoms with van der Waals surface area (Å²) in [4.78, 5) is 10.3. The van der Waals surface area contributed by atoms with Crippen LogP contribution in [-0.2, 0) is 0 Å². The van der Waals surface area contributed by atoms with Gasteiger partial charge in [0.05, 0.1) is 4.47 Å².